The fourth-order valence-corrected chi connectivity index (χ4v) is 1.87. The summed E-state index contributed by atoms with van der Waals surface area (Å²) in [4.78, 5) is 14.8. The number of pyridine rings is 1. The highest BCUT2D eigenvalue weighted by molar-refractivity contribution is 5.94. The van der Waals surface area contributed by atoms with Gasteiger partial charge in [-0.15, -0.1) is 0 Å². The van der Waals surface area contributed by atoms with Crippen LogP contribution in [0, 0.1) is 11.8 Å². The molecule has 1 aromatic heterocycles. The average Bonchev–Trinajstić information content (AvgIpc) is 2.60. The lowest BCUT2D eigenvalue weighted by Gasteiger charge is -2.07. The molecule has 0 aliphatic carbocycles. The molecule has 0 saturated heterocycles. The fraction of sp³-hybridized carbons (Fsp3) is 0.176. The molecule has 1 heterocycles. The van der Waals surface area contributed by atoms with Crippen LogP contribution in [-0.2, 0) is 18.0 Å². The van der Waals surface area contributed by atoms with E-state index in [2.05, 4.69) is 16.8 Å². The van der Waals surface area contributed by atoms with E-state index in [1.807, 2.05) is 0 Å². The summed E-state index contributed by atoms with van der Waals surface area (Å²) >= 11 is 0. The van der Waals surface area contributed by atoms with E-state index in [4.69, 9.17) is 10.2 Å². The molecule has 0 spiro atoms. The number of halogens is 3. The summed E-state index contributed by atoms with van der Waals surface area (Å²) in [5.41, 5.74) is 1.76. The summed E-state index contributed by atoms with van der Waals surface area (Å²) in [5, 5.41) is 20.0. The van der Waals surface area contributed by atoms with Crippen LogP contribution in [-0.4, -0.2) is 27.3 Å². The number of benzene rings is 1. The molecule has 0 aliphatic rings. The SMILES string of the molecule is O=C(Nc1ccc(C#Cc2cc(CO)nc(CO)c2)cc1)C(F)(F)F. The van der Waals surface area contributed by atoms with Gasteiger partial charge in [0.25, 0.3) is 0 Å². The van der Waals surface area contributed by atoms with Crippen molar-refractivity contribution in [3.05, 3.63) is 58.9 Å². The van der Waals surface area contributed by atoms with Gasteiger partial charge < -0.3 is 15.5 Å². The summed E-state index contributed by atoms with van der Waals surface area (Å²) in [6.45, 7) is -0.591. The molecule has 3 N–H and O–H groups in total. The molecule has 0 unspecified atom stereocenters. The Morgan fingerprint density at radius 1 is 1.00 bits per heavy atom. The number of carbonyl (C=O) groups excluding carboxylic acids is 1. The van der Waals surface area contributed by atoms with Gasteiger partial charge in [-0.05, 0) is 36.4 Å². The van der Waals surface area contributed by atoms with Crippen molar-refractivity contribution < 1.29 is 28.2 Å². The number of rotatable bonds is 3. The Balaban J connectivity index is 2.15. The third-order valence-electron chi connectivity index (χ3n) is 3.01. The van der Waals surface area contributed by atoms with E-state index < -0.39 is 12.1 Å². The van der Waals surface area contributed by atoms with Gasteiger partial charge in [-0.1, -0.05) is 11.8 Å². The van der Waals surface area contributed by atoms with Gasteiger partial charge in [0.05, 0.1) is 24.6 Å². The maximum absolute atomic E-state index is 12.2. The molecule has 1 amide bonds. The molecule has 0 bridgehead atoms. The second-order valence-electron chi connectivity index (χ2n) is 4.93. The standard InChI is InChI=1S/C17H13F3N2O3/c18-17(19,20)16(25)22-13-5-3-11(4-6-13)1-2-12-7-14(9-23)21-15(8-12)10-24/h3-8,23-24H,9-10H2,(H,22,25). The van der Waals surface area contributed by atoms with Crippen molar-refractivity contribution in [1.82, 2.24) is 4.98 Å². The van der Waals surface area contributed by atoms with Crippen LogP contribution in [0.5, 0.6) is 0 Å². The Hall–Kier alpha value is -2.89. The Labute approximate surface area is 141 Å². The molecule has 1 aromatic carbocycles. The monoisotopic (exact) mass is 350 g/mol. The number of carbonyl (C=O) groups is 1. The molecule has 130 valence electrons. The maximum atomic E-state index is 12.2. The predicted molar refractivity (Wildman–Crippen MR) is 83.2 cm³/mol. The molecular formula is C17H13F3N2O3. The lowest BCUT2D eigenvalue weighted by atomic mass is 10.1. The molecule has 0 radical (unpaired) electrons. The number of hydrogen-bond donors (Lipinski definition) is 3. The molecular weight excluding hydrogens is 337 g/mol. The predicted octanol–water partition coefficient (Wildman–Crippen LogP) is 1.97. The Bertz CT molecular complexity index is 800. The van der Waals surface area contributed by atoms with Gasteiger partial charge in [-0.2, -0.15) is 13.2 Å². The molecule has 2 aromatic rings. The number of aromatic nitrogens is 1. The number of nitrogens with one attached hydrogen (secondary N) is 1. The van der Waals surface area contributed by atoms with Crippen LogP contribution in [0.3, 0.4) is 0 Å². The van der Waals surface area contributed by atoms with E-state index in [1.165, 1.54) is 24.3 Å². The van der Waals surface area contributed by atoms with E-state index in [0.29, 0.717) is 22.5 Å². The smallest absolute Gasteiger partial charge is 0.390 e. The van der Waals surface area contributed by atoms with E-state index in [0.717, 1.165) is 0 Å². The number of nitrogens with zero attached hydrogens (tertiary/aromatic N) is 1. The van der Waals surface area contributed by atoms with Crippen LogP contribution >= 0.6 is 0 Å². The van der Waals surface area contributed by atoms with Gasteiger partial charge in [0.1, 0.15) is 0 Å². The third-order valence-corrected chi connectivity index (χ3v) is 3.01. The Kier molecular flexibility index (Phi) is 5.75. The number of aliphatic hydroxyl groups excluding tert-OH is 2. The van der Waals surface area contributed by atoms with Crippen LogP contribution in [0.1, 0.15) is 22.5 Å². The van der Waals surface area contributed by atoms with Gasteiger partial charge >= 0.3 is 12.1 Å². The van der Waals surface area contributed by atoms with Crippen molar-refractivity contribution in [3.8, 4) is 11.8 Å². The van der Waals surface area contributed by atoms with Crippen LogP contribution in [0.15, 0.2) is 36.4 Å². The number of aliphatic hydroxyl groups is 2. The number of anilines is 1. The Morgan fingerprint density at radius 2 is 1.52 bits per heavy atom. The minimum atomic E-state index is -4.95. The summed E-state index contributed by atoms with van der Waals surface area (Å²) < 4.78 is 36.5. The second-order valence-corrected chi connectivity index (χ2v) is 4.93. The normalized spacial score (nSPS) is 10.8. The minimum Gasteiger partial charge on any atom is -0.390 e. The zero-order valence-electron chi connectivity index (χ0n) is 12.8. The van der Waals surface area contributed by atoms with Gasteiger partial charge in [0.15, 0.2) is 0 Å². The van der Waals surface area contributed by atoms with Crippen LogP contribution in [0.25, 0.3) is 0 Å². The molecule has 0 fully saturated rings. The Morgan fingerprint density at radius 3 is 2.00 bits per heavy atom. The van der Waals surface area contributed by atoms with Crippen LogP contribution in [0.2, 0.25) is 0 Å². The first kappa shape index (κ1) is 18.4. The topological polar surface area (TPSA) is 82.5 Å². The van der Waals surface area contributed by atoms with Crippen molar-refractivity contribution in [2.75, 3.05) is 5.32 Å². The van der Waals surface area contributed by atoms with E-state index in [1.54, 1.807) is 17.4 Å². The molecule has 0 saturated carbocycles. The molecule has 0 atom stereocenters. The summed E-state index contributed by atoms with van der Waals surface area (Å²) in [5.74, 6) is 3.57. The van der Waals surface area contributed by atoms with Gasteiger partial charge in [0.2, 0.25) is 0 Å². The highest BCUT2D eigenvalue weighted by Crippen LogP contribution is 2.18. The summed E-state index contributed by atoms with van der Waals surface area (Å²) in [7, 11) is 0. The summed E-state index contributed by atoms with van der Waals surface area (Å²) in [6, 6.07) is 8.64. The highest BCUT2D eigenvalue weighted by atomic mass is 19.4. The fourth-order valence-electron chi connectivity index (χ4n) is 1.87. The molecule has 25 heavy (non-hydrogen) atoms. The van der Waals surface area contributed by atoms with Crippen molar-refractivity contribution in [3.63, 3.8) is 0 Å². The first-order valence-corrected chi connectivity index (χ1v) is 7.03. The van der Waals surface area contributed by atoms with Crippen LogP contribution in [0.4, 0.5) is 18.9 Å². The van der Waals surface area contributed by atoms with E-state index in [9.17, 15) is 18.0 Å². The minimum absolute atomic E-state index is 0.00178. The highest BCUT2D eigenvalue weighted by Gasteiger charge is 2.38. The molecule has 2 rings (SSSR count). The first-order chi connectivity index (χ1) is 11.8. The van der Waals surface area contributed by atoms with Gasteiger partial charge in [-0.25, -0.2) is 0 Å². The second kappa shape index (κ2) is 7.79. The first-order valence-electron chi connectivity index (χ1n) is 7.03. The zero-order chi connectivity index (χ0) is 18.4. The van der Waals surface area contributed by atoms with Crippen molar-refractivity contribution in [2.24, 2.45) is 0 Å². The molecule has 0 aliphatic heterocycles. The number of amides is 1. The average molecular weight is 350 g/mol. The van der Waals surface area contributed by atoms with Crippen molar-refractivity contribution in [2.45, 2.75) is 19.4 Å². The maximum Gasteiger partial charge on any atom is 0.471 e. The summed E-state index contributed by atoms with van der Waals surface area (Å²) in [6.07, 6.45) is -4.95. The van der Waals surface area contributed by atoms with Gasteiger partial charge in [0, 0.05) is 16.8 Å². The van der Waals surface area contributed by atoms with Crippen molar-refractivity contribution in [1.29, 1.82) is 0 Å². The number of hydrogen-bond acceptors (Lipinski definition) is 4. The quantitative estimate of drug-likeness (QED) is 0.739. The lowest BCUT2D eigenvalue weighted by molar-refractivity contribution is -0.167. The van der Waals surface area contributed by atoms with E-state index >= 15 is 0 Å². The zero-order valence-corrected chi connectivity index (χ0v) is 12.8. The third kappa shape index (κ3) is 5.31. The largest absolute Gasteiger partial charge is 0.471 e. The van der Waals surface area contributed by atoms with Crippen molar-refractivity contribution >= 4 is 11.6 Å². The molecule has 8 heteroatoms. The van der Waals surface area contributed by atoms with E-state index in [-0.39, 0.29) is 18.9 Å². The lowest BCUT2D eigenvalue weighted by Crippen LogP contribution is -2.29. The molecule has 5 nitrogen and oxygen atoms in total. The van der Waals surface area contributed by atoms with Gasteiger partial charge in [-0.3, -0.25) is 9.78 Å². The van der Waals surface area contributed by atoms with Crippen LogP contribution < -0.4 is 5.32 Å². The number of alkyl halides is 3.